The number of hydrogen-bond acceptors (Lipinski definition) is 2. The molecule has 29 heavy (non-hydrogen) atoms. The Morgan fingerprint density at radius 2 is 1.72 bits per heavy atom. The van der Waals surface area contributed by atoms with E-state index in [-0.39, 0.29) is 17.6 Å². The van der Waals surface area contributed by atoms with Crippen LogP contribution >= 0.6 is 0 Å². The van der Waals surface area contributed by atoms with Gasteiger partial charge in [0.05, 0.1) is 11.0 Å². The van der Waals surface area contributed by atoms with Gasteiger partial charge in [0.15, 0.2) is 0 Å². The Kier molecular flexibility index (Phi) is 4.08. The van der Waals surface area contributed by atoms with Gasteiger partial charge in [-0.15, -0.1) is 0 Å². The number of likely N-dealkylation sites (tertiary alicyclic amines) is 1. The van der Waals surface area contributed by atoms with Gasteiger partial charge in [0.2, 0.25) is 0 Å². The first kappa shape index (κ1) is 17.8. The number of fused-ring (bicyclic) bond motifs is 2. The molecule has 0 spiro atoms. The zero-order valence-electron chi connectivity index (χ0n) is 16.7. The third-order valence-electron chi connectivity index (χ3n) is 6.19. The molecular formula is C23H24N4O2. The number of nitrogens with zero attached hydrogens (tertiary/aromatic N) is 2. The highest BCUT2D eigenvalue weighted by Crippen LogP contribution is 2.27. The van der Waals surface area contributed by atoms with Crippen LogP contribution in [0.15, 0.2) is 47.3 Å². The number of benzene rings is 2. The number of amides is 1. The standard InChI is InChI=1S/C23H24N4O2/c1-14-7-8-15(2)21-17(14)13-19(24-21)22(28)26-11-9-16(10-12-26)27-20-6-4-3-5-18(20)25-23(27)29/h3-8,13,16,24H,9-12H2,1-2H3,(H,25,29). The summed E-state index contributed by atoms with van der Waals surface area (Å²) in [5.41, 5.74) is 5.70. The molecule has 0 aliphatic carbocycles. The van der Waals surface area contributed by atoms with Crippen molar-refractivity contribution in [1.82, 2.24) is 19.4 Å². The lowest BCUT2D eigenvalue weighted by Gasteiger charge is -2.32. The van der Waals surface area contributed by atoms with E-state index in [1.807, 2.05) is 39.8 Å². The van der Waals surface area contributed by atoms with E-state index < -0.39 is 0 Å². The van der Waals surface area contributed by atoms with Crippen molar-refractivity contribution in [2.45, 2.75) is 32.7 Å². The zero-order chi connectivity index (χ0) is 20.1. The summed E-state index contributed by atoms with van der Waals surface area (Å²) in [6.45, 7) is 5.40. The van der Waals surface area contributed by atoms with Crippen molar-refractivity contribution in [2.24, 2.45) is 0 Å². The quantitative estimate of drug-likeness (QED) is 0.546. The van der Waals surface area contributed by atoms with Crippen molar-refractivity contribution in [3.8, 4) is 0 Å². The van der Waals surface area contributed by atoms with Gasteiger partial charge >= 0.3 is 5.69 Å². The molecule has 0 bridgehead atoms. The van der Waals surface area contributed by atoms with E-state index in [1.54, 1.807) is 0 Å². The van der Waals surface area contributed by atoms with E-state index in [2.05, 4.69) is 35.9 Å². The molecule has 0 saturated carbocycles. The Morgan fingerprint density at radius 1 is 1.00 bits per heavy atom. The maximum atomic E-state index is 13.1. The number of hydrogen-bond donors (Lipinski definition) is 2. The number of aromatic nitrogens is 3. The summed E-state index contributed by atoms with van der Waals surface area (Å²) in [5.74, 6) is 0.0322. The zero-order valence-corrected chi connectivity index (χ0v) is 16.7. The Labute approximate surface area is 168 Å². The molecule has 6 heteroatoms. The lowest BCUT2D eigenvalue weighted by atomic mass is 10.0. The highest BCUT2D eigenvalue weighted by molar-refractivity contribution is 5.99. The fraction of sp³-hybridized carbons (Fsp3) is 0.304. The minimum Gasteiger partial charge on any atom is -0.350 e. The molecule has 2 aromatic carbocycles. The molecule has 0 atom stereocenters. The van der Waals surface area contributed by atoms with Gasteiger partial charge < -0.3 is 14.9 Å². The highest BCUT2D eigenvalue weighted by Gasteiger charge is 2.27. The second-order valence-corrected chi connectivity index (χ2v) is 8.01. The Balaban J connectivity index is 1.37. The second kappa shape index (κ2) is 6.65. The molecule has 148 valence electrons. The van der Waals surface area contributed by atoms with Crippen LogP contribution in [0.2, 0.25) is 0 Å². The van der Waals surface area contributed by atoms with Crippen LogP contribution in [0, 0.1) is 13.8 Å². The van der Waals surface area contributed by atoms with Gasteiger partial charge in [-0.2, -0.15) is 0 Å². The smallest absolute Gasteiger partial charge is 0.326 e. The van der Waals surface area contributed by atoms with Crippen molar-refractivity contribution in [1.29, 1.82) is 0 Å². The number of para-hydroxylation sites is 2. The summed E-state index contributed by atoms with van der Waals surface area (Å²) < 4.78 is 1.85. The fourth-order valence-corrected chi connectivity index (χ4v) is 4.55. The second-order valence-electron chi connectivity index (χ2n) is 8.01. The van der Waals surface area contributed by atoms with Crippen LogP contribution in [0.4, 0.5) is 0 Å². The molecule has 1 saturated heterocycles. The maximum absolute atomic E-state index is 13.1. The van der Waals surface area contributed by atoms with Crippen molar-refractivity contribution in [3.05, 3.63) is 69.8 Å². The van der Waals surface area contributed by atoms with Gasteiger partial charge in [0.25, 0.3) is 5.91 Å². The fourth-order valence-electron chi connectivity index (χ4n) is 4.55. The molecule has 2 N–H and O–H groups in total. The van der Waals surface area contributed by atoms with Crippen molar-refractivity contribution < 1.29 is 4.79 Å². The molecule has 4 aromatic rings. The number of carbonyl (C=O) groups excluding carboxylic acids is 1. The normalized spacial score (nSPS) is 15.4. The van der Waals surface area contributed by atoms with Crippen molar-refractivity contribution in [2.75, 3.05) is 13.1 Å². The highest BCUT2D eigenvalue weighted by atomic mass is 16.2. The van der Waals surface area contributed by atoms with Gasteiger partial charge in [-0.05, 0) is 56.0 Å². The average molecular weight is 388 g/mol. The average Bonchev–Trinajstić information content (AvgIpc) is 3.32. The summed E-state index contributed by atoms with van der Waals surface area (Å²) in [4.78, 5) is 33.7. The van der Waals surface area contributed by atoms with E-state index in [0.29, 0.717) is 18.8 Å². The number of imidazole rings is 1. The molecule has 6 nitrogen and oxygen atoms in total. The summed E-state index contributed by atoms with van der Waals surface area (Å²) in [5, 5.41) is 1.11. The maximum Gasteiger partial charge on any atom is 0.326 e. The van der Waals surface area contributed by atoms with Crippen molar-refractivity contribution in [3.63, 3.8) is 0 Å². The third-order valence-corrected chi connectivity index (χ3v) is 6.19. The Hall–Kier alpha value is -3.28. The van der Waals surface area contributed by atoms with E-state index in [9.17, 15) is 9.59 Å². The number of H-pyrrole nitrogens is 2. The number of nitrogens with one attached hydrogen (secondary N) is 2. The third kappa shape index (κ3) is 2.87. The van der Waals surface area contributed by atoms with Crippen LogP contribution in [0.3, 0.4) is 0 Å². The molecule has 1 amide bonds. The first-order valence-electron chi connectivity index (χ1n) is 10.1. The predicted octanol–water partition coefficient (Wildman–Crippen LogP) is 3.91. The van der Waals surface area contributed by atoms with Crippen LogP contribution in [0.25, 0.3) is 21.9 Å². The van der Waals surface area contributed by atoms with E-state index >= 15 is 0 Å². The first-order valence-corrected chi connectivity index (χ1v) is 10.1. The lowest BCUT2D eigenvalue weighted by Crippen LogP contribution is -2.40. The molecule has 0 unspecified atom stereocenters. The van der Waals surface area contributed by atoms with Crippen LogP contribution < -0.4 is 5.69 Å². The van der Waals surface area contributed by atoms with Gasteiger partial charge in [0, 0.05) is 30.0 Å². The molecule has 1 aliphatic heterocycles. The number of rotatable bonds is 2. The largest absolute Gasteiger partial charge is 0.350 e. The summed E-state index contributed by atoms with van der Waals surface area (Å²) in [7, 11) is 0. The monoisotopic (exact) mass is 388 g/mol. The SMILES string of the molecule is Cc1ccc(C)c2[nH]c(C(=O)N3CCC(n4c(=O)[nH]c5ccccc54)CC3)cc12. The predicted molar refractivity (Wildman–Crippen MR) is 115 cm³/mol. The topological polar surface area (TPSA) is 73.9 Å². The van der Waals surface area contributed by atoms with Crippen LogP contribution in [-0.2, 0) is 0 Å². The number of aromatic amines is 2. The summed E-state index contributed by atoms with van der Waals surface area (Å²) in [6, 6.07) is 14.0. The van der Waals surface area contributed by atoms with Gasteiger partial charge in [-0.25, -0.2) is 4.79 Å². The molecule has 0 radical (unpaired) electrons. The van der Waals surface area contributed by atoms with Gasteiger partial charge in [0.1, 0.15) is 5.69 Å². The minimum atomic E-state index is -0.0717. The number of aryl methyl sites for hydroxylation is 2. The molecular weight excluding hydrogens is 364 g/mol. The Bertz CT molecular complexity index is 1250. The molecule has 1 aliphatic rings. The van der Waals surface area contributed by atoms with Crippen LogP contribution in [0.5, 0.6) is 0 Å². The molecule has 3 heterocycles. The first-order chi connectivity index (χ1) is 14.0. The van der Waals surface area contributed by atoms with Crippen LogP contribution in [-0.4, -0.2) is 38.4 Å². The van der Waals surface area contributed by atoms with Gasteiger partial charge in [-0.1, -0.05) is 24.3 Å². The Morgan fingerprint density at radius 3 is 2.48 bits per heavy atom. The van der Waals surface area contributed by atoms with Gasteiger partial charge in [-0.3, -0.25) is 9.36 Å². The minimum absolute atomic E-state index is 0.0322. The van der Waals surface area contributed by atoms with E-state index in [0.717, 1.165) is 40.3 Å². The summed E-state index contributed by atoms with van der Waals surface area (Å²) in [6.07, 6.45) is 1.54. The number of piperidine rings is 1. The molecule has 2 aromatic heterocycles. The van der Waals surface area contributed by atoms with Crippen LogP contribution in [0.1, 0.15) is 40.5 Å². The van der Waals surface area contributed by atoms with E-state index in [1.165, 1.54) is 5.56 Å². The lowest BCUT2D eigenvalue weighted by molar-refractivity contribution is 0.0690. The van der Waals surface area contributed by atoms with E-state index in [4.69, 9.17) is 0 Å². The summed E-state index contributed by atoms with van der Waals surface area (Å²) >= 11 is 0. The molecule has 1 fully saturated rings. The number of carbonyl (C=O) groups is 1. The molecule has 5 rings (SSSR count). The van der Waals surface area contributed by atoms with Crippen molar-refractivity contribution >= 4 is 27.8 Å².